The van der Waals surface area contributed by atoms with Crippen LogP contribution in [0.3, 0.4) is 0 Å². The number of nitrogens with zero attached hydrogens (tertiary/aromatic N) is 2. The number of allylic oxidation sites excluding steroid dienone is 2. The molecule has 0 atom stereocenters. The Hall–Kier alpha value is -2.08. The molecule has 0 unspecified atom stereocenters. The number of fused-ring (bicyclic) bond motifs is 1. The first-order valence-electron chi connectivity index (χ1n) is 7.06. The Kier molecular flexibility index (Phi) is 4.15. The van der Waals surface area contributed by atoms with Crippen molar-refractivity contribution in [3.05, 3.63) is 70.0 Å². The molecule has 5 heteroatoms. The van der Waals surface area contributed by atoms with Gasteiger partial charge in [0.15, 0.2) is 0 Å². The molecule has 112 valence electrons. The molecule has 0 saturated heterocycles. The average molecular weight is 353 g/mol. The fourth-order valence-electron chi connectivity index (χ4n) is 2.30. The lowest BCUT2D eigenvalue weighted by molar-refractivity contribution is 1.33. The molecule has 0 aliphatic carbocycles. The van der Waals surface area contributed by atoms with E-state index in [4.69, 9.17) is 0 Å². The summed E-state index contributed by atoms with van der Waals surface area (Å²) in [5, 5.41) is 6.43. The first kappa shape index (κ1) is 14.5. The molecule has 2 aliphatic heterocycles. The molecule has 0 amide bonds. The van der Waals surface area contributed by atoms with Gasteiger partial charge in [0.1, 0.15) is 0 Å². The Bertz CT molecular complexity index is 833. The summed E-state index contributed by atoms with van der Waals surface area (Å²) < 4.78 is 0. The lowest BCUT2D eigenvalue weighted by Crippen LogP contribution is -1.69. The highest BCUT2D eigenvalue weighted by Gasteiger charge is 2.10. The zero-order valence-electron chi connectivity index (χ0n) is 12.0. The van der Waals surface area contributed by atoms with Gasteiger partial charge < -0.3 is 0 Å². The van der Waals surface area contributed by atoms with E-state index in [0.29, 0.717) is 0 Å². The summed E-state index contributed by atoms with van der Waals surface area (Å²) in [6, 6.07) is 10.8. The van der Waals surface area contributed by atoms with Crippen LogP contribution < -0.4 is 0 Å². The second-order valence-electron chi connectivity index (χ2n) is 4.78. The van der Waals surface area contributed by atoms with Crippen molar-refractivity contribution in [2.75, 3.05) is 0 Å². The van der Waals surface area contributed by atoms with Crippen LogP contribution in [0.5, 0.6) is 0 Å². The van der Waals surface area contributed by atoms with E-state index in [-0.39, 0.29) is 0 Å². The van der Waals surface area contributed by atoms with Crippen LogP contribution in [0.25, 0.3) is 20.2 Å². The van der Waals surface area contributed by atoms with Gasteiger partial charge in [-0.2, -0.15) is 0 Å². The van der Waals surface area contributed by atoms with Crippen LogP contribution in [0.4, 0.5) is 0 Å². The SMILES string of the molecule is C1=NC2=CC=NC2=C1.c1csc(-c2ccsc2-c2cccs2)c1. The summed E-state index contributed by atoms with van der Waals surface area (Å²) in [7, 11) is 0. The van der Waals surface area contributed by atoms with Gasteiger partial charge in [-0.15, -0.1) is 34.0 Å². The van der Waals surface area contributed by atoms with Crippen molar-refractivity contribution in [2.24, 2.45) is 9.98 Å². The van der Waals surface area contributed by atoms with Gasteiger partial charge in [0.25, 0.3) is 0 Å². The molecule has 0 fully saturated rings. The molecule has 3 aromatic heterocycles. The number of hydrogen-bond acceptors (Lipinski definition) is 5. The van der Waals surface area contributed by atoms with Crippen molar-refractivity contribution in [2.45, 2.75) is 0 Å². The molecule has 2 nitrogen and oxygen atoms in total. The maximum absolute atomic E-state index is 4.02. The van der Waals surface area contributed by atoms with Gasteiger partial charge in [0.2, 0.25) is 0 Å². The predicted octanol–water partition coefficient (Wildman–Crippen LogP) is 6.13. The molecular weight excluding hydrogens is 340 g/mol. The fourth-order valence-corrected chi connectivity index (χ4v) is 4.92. The van der Waals surface area contributed by atoms with E-state index in [9.17, 15) is 0 Å². The molecule has 5 heterocycles. The van der Waals surface area contributed by atoms with Crippen LogP contribution in [0.2, 0.25) is 0 Å². The molecule has 0 N–H and O–H groups in total. The first-order chi connectivity index (χ1) is 11.4. The van der Waals surface area contributed by atoms with E-state index < -0.39 is 0 Å². The Morgan fingerprint density at radius 3 is 1.91 bits per heavy atom. The molecule has 0 bridgehead atoms. The smallest absolute Gasteiger partial charge is 0.0901 e. The van der Waals surface area contributed by atoms with Gasteiger partial charge >= 0.3 is 0 Å². The van der Waals surface area contributed by atoms with Crippen molar-refractivity contribution in [3.63, 3.8) is 0 Å². The first-order valence-corrected chi connectivity index (χ1v) is 9.70. The third-order valence-electron chi connectivity index (χ3n) is 3.35. The van der Waals surface area contributed by atoms with E-state index in [2.05, 4.69) is 56.5 Å². The van der Waals surface area contributed by atoms with Crippen molar-refractivity contribution in [3.8, 4) is 20.2 Å². The topological polar surface area (TPSA) is 24.7 Å². The van der Waals surface area contributed by atoms with Crippen LogP contribution in [-0.4, -0.2) is 12.4 Å². The highest BCUT2D eigenvalue weighted by Crippen LogP contribution is 2.40. The van der Waals surface area contributed by atoms with Gasteiger partial charge in [0, 0.05) is 27.7 Å². The molecule has 23 heavy (non-hydrogen) atoms. The Balaban J connectivity index is 0.000000142. The summed E-state index contributed by atoms with van der Waals surface area (Å²) in [5.41, 5.74) is 3.35. The summed E-state index contributed by atoms with van der Waals surface area (Å²) in [4.78, 5) is 12.2. The fraction of sp³-hybridized carbons (Fsp3) is 0. The zero-order chi connectivity index (χ0) is 15.5. The van der Waals surface area contributed by atoms with Crippen molar-refractivity contribution >= 4 is 46.4 Å². The Morgan fingerprint density at radius 2 is 1.30 bits per heavy atom. The van der Waals surface area contributed by atoms with Crippen molar-refractivity contribution in [1.29, 1.82) is 0 Å². The van der Waals surface area contributed by atoms with Crippen LogP contribution in [-0.2, 0) is 0 Å². The van der Waals surface area contributed by atoms with E-state index in [1.165, 1.54) is 20.2 Å². The molecular formula is C18H12N2S3. The third-order valence-corrected chi connectivity index (χ3v) is 6.22. The highest BCUT2D eigenvalue weighted by molar-refractivity contribution is 7.21. The highest BCUT2D eigenvalue weighted by atomic mass is 32.1. The number of hydrogen-bond donors (Lipinski definition) is 0. The third kappa shape index (κ3) is 3.03. The van der Waals surface area contributed by atoms with Crippen LogP contribution >= 0.6 is 34.0 Å². The average Bonchev–Trinajstić information content (AvgIpc) is 3.38. The summed E-state index contributed by atoms with van der Waals surface area (Å²) in [6.07, 6.45) is 7.32. The van der Waals surface area contributed by atoms with E-state index in [1.807, 2.05) is 34.8 Å². The number of rotatable bonds is 2. The van der Waals surface area contributed by atoms with Crippen molar-refractivity contribution < 1.29 is 0 Å². The zero-order valence-corrected chi connectivity index (χ0v) is 14.5. The van der Waals surface area contributed by atoms with Crippen LogP contribution in [0.15, 0.2) is 80.0 Å². The van der Waals surface area contributed by atoms with Gasteiger partial charge in [-0.1, -0.05) is 12.1 Å². The van der Waals surface area contributed by atoms with Crippen molar-refractivity contribution in [1.82, 2.24) is 0 Å². The van der Waals surface area contributed by atoms with Gasteiger partial charge in [-0.25, -0.2) is 0 Å². The second-order valence-corrected chi connectivity index (χ2v) is 7.59. The van der Waals surface area contributed by atoms with Gasteiger partial charge in [-0.05, 0) is 46.5 Å². The molecule has 0 spiro atoms. The molecule has 2 aliphatic rings. The molecule has 0 aromatic carbocycles. The lowest BCUT2D eigenvalue weighted by Gasteiger charge is -1.97. The molecule has 5 rings (SSSR count). The largest absolute Gasteiger partial charge is 0.254 e. The minimum Gasteiger partial charge on any atom is -0.254 e. The lowest BCUT2D eigenvalue weighted by atomic mass is 10.2. The Morgan fingerprint density at radius 1 is 0.652 bits per heavy atom. The monoisotopic (exact) mass is 352 g/mol. The quantitative estimate of drug-likeness (QED) is 0.530. The standard InChI is InChI=1S/C12H8S3.C6H4N2/c1-3-10(13-6-1)9-5-8-15-12(9)11-4-2-7-14-11;1-3-7-6-2-4-8-5(1)6/h1-8H;1-4H. The second kappa shape index (κ2) is 6.58. The maximum Gasteiger partial charge on any atom is 0.0901 e. The summed E-state index contributed by atoms with van der Waals surface area (Å²) in [6.45, 7) is 0. The Labute approximate surface area is 146 Å². The minimum atomic E-state index is 0.991. The van der Waals surface area contributed by atoms with Crippen LogP contribution in [0.1, 0.15) is 0 Å². The number of aliphatic imine (C=N–C) groups is 2. The molecule has 0 saturated carbocycles. The van der Waals surface area contributed by atoms with E-state index in [1.54, 1.807) is 23.8 Å². The van der Waals surface area contributed by atoms with E-state index in [0.717, 1.165) is 11.4 Å². The van der Waals surface area contributed by atoms with Crippen LogP contribution in [0, 0.1) is 0 Å². The number of thiophene rings is 3. The van der Waals surface area contributed by atoms with Gasteiger partial charge in [0.05, 0.1) is 16.3 Å². The molecule has 0 radical (unpaired) electrons. The normalized spacial score (nSPS) is 14.3. The predicted molar refractivity (Wildman–Crippen MR) is 104 cm³/mol. The summed E-state index contributed by atoms with van der Waals surface area (Å²) in [5.74, 6) is 0. The molecule has 3 aromatic rings. The maximum atomic E-state index is 4.02. The van der Waals surface area contributed by atoms with E-state index >= 15 is 0 Å². The summed E-state index contributed by atoms with van der Waals surface area (Å²) >= 11 is 5.43. The van der Waals surface area contributed by atoms with Gasteiger partial charge in [-0.3, -0.25) is 9.98 Å². The minimum absolute atomic E-state index is 0.991.